The number of halogens is 2. The zero-order valence-electron chi connectivity index (χ0n) is 7.17. The van der Waals surface area contributed by atoms with Crippen LogP contribution in [-0.2, 0) is 0 Å². The first kappa shape index (κ1) is 11.2. The third kappa shape index (κ3) is 6.61. The van der Waals surface area contributed by atoms with Gasteiger partial charge in [-0.15, -0.1) is 22.7 Å². The molecule has 0 saturated carbocycles. The smallest absolute Gasteiger partial charge is 0.194 e. The van der Waals surface area contributed by atoms with Gasteiger partial charge in [0.2, 0.25) is 0 Å². The zero-order chi connectivity index (χ0) is 8.91. The number of hydrogen-bond acceptors (Lipinski definition) is 0. The Balaban J connectivity index is 4.04. The highest BCUT2D eigenvalue weighted by atomic mass is 35.5. The second-order valence-corrected chi connectivity index (χ2v) is 10.9. The summed E-state index contributed by atoms with van der Waals surface area (Å²) >= 11 is 5.51. The lowest BCUT2D eigenvalue weighted by Gasteiger charge is -2.04. The van der Waals surface area contributed by atoms with Crippen LogP contribution in [-0.4, -0.2) is 28.7 Å². The van der Waals surface area contributed by atoms with Gasteiger partial charge in [0.15, 0.2) is 8.80 Å². The van der Waals surface area contributed by atoms with E-state index in [9.17, 15) is 4.39 Å². The molecule has 0 unspecified atom stereocenters. The Bertz CT molecular complexity index is 162. The van der Waals surface area contributed by atoms with Gasteiger partial charge in [0.25, 0.3) is 0 Å². The van der Waals surface area contributed by atoms with Gasteiger partial charge in [0, 0.05) is 5.50 Å². The topological polar surface area (TPSA) is 0 Å². The van der Waals surface area contributed by atoms with Gasteiger partial charge in [-0.1, -0.05) is 19.6 Å². The Kier molecular flexibility index (Phi) is 5.06. The lowest BCUT2D eigenvalue weighted by molar-refractivity contribution is 0.591. The Morgan fingerprint density at radius 3 is 2.27 bits per heavy atom. The van der Waals surface area contributed by atoms with Crippen LogP contribution < -0.4 is 0 Å². The molecule has 63 valence electrons. The summed E-state index contributed by atoms with van der Waals surface area (Å²) in [5.41, 5.74) is 6.50. The van der Waals surface area contributed by atoms with Crippen molar-refractivity contribution >= 4 is 28.5 Å². The minimum atomic E-state index is -1.31. The lowest BCUT2D eigenvalue weighted by Crippen LogP contribution is -2.21. The molecule has 0 fully saturated rings. The number of hydrogen-bond donors (Lipinski definition) is 0. The maximum atomic E-state index is 12.1. The third-order valence-corrected chi connectivity index (χ3v) is 4.15. The van der Waals surface area contributed by atoms with Crippen molar-refractivity contribution in [2.45, 2.75) is 19.6 Å². The maximum absolute atomic E-state index is 12.1. The number of rotatable bonds is 2. The third-order valence-electron chi connectivity index (χ3n) is 0.937. The van der Waals surface area contributed by atoms with E-state index in [4.69, 9.17) is 11.6 Å². The lowest BCUT2D eigenvalue weighted by atomic mass is 11.4. The molecule has 0 aliphatic rings. The zero-order valence-corrected chi connectivity index (χ0v) is 9.93. The number of alkyl halides is 2. The molecule has 0 rings (SSSR count). The highest BCUT2D eigenvalue weighted by molar-refractivity contribution is 6.86. The van der Waals surface area contributed by atoms with E-state index in [0.717, 1.165) is 0 Å². The SMILES string of the molecule is C[Si](C)(C)C#C[Si](CF)CCl. The average Bonchev–Trinajstić information content (AvgIpc) is 1.88. The standard InChI is InChI=1S/C7H13ClFSi2/c1-11(2,3)5-4-10(6-8)7-9/h6-7H2,1-3H3. The van der Waals surface area contributed by atoms with E-state index in [0.29, 0.717) is 5.50 Å². The highest BCUT2D eigenvalue weighted by Gasteiger charge is 2.10. The van der Waals surface area contributed by atoms with Crippen molar-refractivity contribution in [2.24, 2.45) is 0 Å². The van der Waals surface area contributed by atoms with Crippen molar-refractivity contribution in [2.75, 3.05) is 11.8 Å². The minimum absolute atomic E-state index is 0.328. The van der Waals surface area contributed by atoms with Crippen molar-refractivity contribution < 1.29 is 4.39 Å². The fraction of sp³-hybridized carbons (Fsp3) is 0.714. The monoisotopic (exact) mass is 207 g/mol. The molecule has 0 nitrogen and oxygen atoms in total. The molecule has 0 aromatic heterocycles. The summed E-state index contributed by atoms with van der Waals surface area (Å²) in [5.74, 6) is 0. The van der Waals surface area contributed by atoms with Crippen LogP contribution in [0.3, 0.4) is 0 Å². The van der Waals surface area contributed by atoms with Gasteiger partial charge in [0.1, 0.15) is 8.07 Å². The molecule has 0 amide bonds. The fourth-order valence-corrected chi connectivity index (χ4v) is 3.21. The van der Waals surface area contributed by atoms with Crippen molar-refractivity contribution in [3.05, 3.63) is 0 Å². The van der Waals surface area contributed by atoms with E-state index >= 15 is 0 Å². The largest absolute Gasteiger partial charge is 0.254 e. The molecular formula is C7H13ClFSi2. The van der Waals surface area contributed by atoms with E-state index in [1.807, 2.05) is 0 Å². The minimum Gasteiger partial charge on any atom is -0.254 e. The normalized spacial score (nSPS) is 11.1. The van der Waals surface area contributed by atoms with Gasteiger partial charge in [-0.05, 0) is 0 Å². The van der Waals surface area contributed by atoms with E-state index < -0.39 is 16.9 Å². The second kappa shape index (κ2) is 4.97. The van der Waals surface area contributed by atoms with Gasteiger partial charge in [-0.3, -0.25) is 4.39 Å². The first-order chi connectivity index (χ1) is 4.99. The van der Waals surface area contributed by atoms with Crippen molar-refractivity contribution in [1.29, 1.82) is 0 Å². The van der Waals surface area contributed by atoms with Crippen LogP contribution in [0.1, 0.15) is 0 Å². The van der Waals surface area contributed by atoms with E-state index in [-0.39, 0.29) is 6.30 Å². The predicted octanol–water partition coefficient (Wildman–Crippen LogP) is 2.19. The summed E-state index contributed by atoms with van der Waals surface area (Å²) in [4.78, 5) is 0. The summed E-state index contributed by atoms with van der Waals surface area (Å²) in [6.45, 7) is 6.43. The molecule has 0 spiro atoms. The molecule has 4 heteroatoms. The quantitative estimate of drug-likeness (QED) is 0.370. The second-order valence-electron chi connectivity index (χ2n) is 3.37. The summed E-state index contributed by atoms with van der Waals surface area (Å²) in [5, 5.41) is 0. The Morgan fingerprint density at radius 1 is 1.45 bits per heavy atom. The molecule has 0 atom stereocenters. The molecular weight excluding hydrogens is 195 g/mol. The van der Waals surface area contributed by atoms with Crippen LogP contribution >= 0.6 is 11.6 Å². The van der Waals surface area contributed by atoms with Crippen LogP contribution in [0.25, 0.3) is 0 Å². The van der Waals surface area contributed by atoms with Gasteiger partial charge in [-0.25, -0.2) is 0 Å². The van der Waals surface area contributed by atoms with Crippen molar-refractivity contribution in [1.82, 2.24) is 0 Å². The summed E-state index contributed by atoms with van der Waals surface area (Å²) in [6, 6.07) is 0. The van der Waals surface area contributed by atoms with Crippen molar-refractivity contribution in [3.63, 3.8) is 0 Å². The average molecular weight is 208 g/mol. The van der Waals surface area contributed by atoms with Crippen LogP contribution in [0.15, 0.2) is 0 Å². The molecule has 0 aliphatic heterocycles. The van der Waals surface area contributed by atoms with Crippen LogP contribution in [0.5, 0.6) is 0 Å². The summed E-state index contributed by atoms with van der Waals surface area (Å²) < 4.78 is 12.1. The van der Waals surface area contributed by atoms with E-state index in [2.05, 4.69) is 30.7 Å². The van der Waals surface area contributed by atoms with E-state index in [1.165, 1.54) is 0 Å². The first-order valence-electron chi connectivity index (χ1n) is 3.49. The molecule has 0 N–H and O–H groups in total. The Morgan fingerprint density at radius 2 is 2.00 bits per heavy atom. The fourth-order valence-electron chi connectivity index (χ4n) is 0.378. The van der Waals surface area contributed by atoms with Gasteiger partial charge in [0.05, 0.1) is 6.30 Å². The summed E-state index contributed by atoms with van der Waals surface area (Å²) in [7, 11) is -2.50. The molecule has 0 aromatic rings. The summed E-state index contributed by atoms with van der Waals surface area (Å²) in [6.07, 6.45) is -0.328. The molecule has 0 aromatic carbocycles. The molecule has 11 heavy (non-hydrogen) atoms. The molecule has 0 saturated heterocycles. The van der Waals surface area contributed by atoms with Crippen molar-refractivity contribution in [3.8, 4) is 11.1 Å². The maximum Gasteiger partial charge on any atom is 0.194 e. The van der Waals surface area contributed by atoms with Crippen LogP contribution in [0.2, 0.25) is 19.6 Å². The molecule has 0 bridgehead atoms. The molecule has 0 aliphatic carbocycles. The molecule has 0 heterocycles. The van der Waals surface area contributed by atoms with Crippen LogP contribution in [0.4, 0.5) is 4.39 Å². The first-order valence-corrected chi connectivity index (χ1v) is 9.44. The highest BCUT2D eigenvalue weighted by Crippen LogP contribution is 1.97. The Hall–Kier alpha value is 0.214. The van der Waals surface area contributed by atoms with Crippen LogP contribution in [0, 0.1) is 11.1 Å². The van der Waals surface area contributed by atoms with Gasteiger partial charge < -0.3 is 0 Å². The van der Waals surface area contributed by atoms with E-state index in [1.54, 1.807) is 0 Å². The predicted molar refractivity (Wildman–Crippen MR) is 53.6 cm³/mol. The van der Waals surface area contributed by atoms with Gasteiger partial charge in [-0.2, -0.15) is 0 Å². The molecule has 1 radical (unpaired) electrons. The Labute approximate surface area is 75.8 Å². The van der Waals surface area contributed by atoms with Gasteiger partial charge >= 0.3 is 0 Å².